The molecule has 0 spiro atoms. The number of fused-ring (bicyclic) bond motifs is 1. The van der Waals surface area contributed by atoms with Crippen molar-refractivity contribution in [3.63, 3.8) is 0 Å². The van der Waals surface area contributed by atoms with E-state index in [9.17, 15) is 0 Å². The van der Waals surface area contributed by atoms with Crippen LogP contribution >= 0.6 is 0 Å². The zero-order valence-electron chi connectivity index (χ0n) is 10.6. The predicted octanol–water partition coefficient (Wildman–Crippen LogP) is 1.92. The molecule has 18 heavy (non-hydrogen) atoms. The number of aromatic nitrogens is 2. The topological polar surface area (TPSA) is 47.1 Å². The van der Waals surface area contributed by atoms with Gasteiger partial charge in [0.15, 0.2) is 0 Å². The van der Waals surface area contributed by atoms with Crippen LogP contribution < -0.4 is 10.6 Å². The van der Waals surface area contributed by atoms with E-state index in [1.165, 1.54) is 11.3 Å². The van der Waals surface area contributed by atoms with E-state index in [0.717, 1.165) is 19.5 Å². The minimum absolute atomic E-state index is 0.565. The lowest BCUT2D eigenvalue weighted by Gasteiger charge is -2.24. The van der Waals surface area contributed by atoms with Crippen LogP contribution in [0.1, 0.15) is 12.5 Å². The number of nitrogens with two attached hydrogens (primary N) is 1. The van der Waals surface area contributed by atoms with E-state index in [0.29, 0.717) is 11.9 Å². The summed E-state index contributed by atoms with van der Waals surface area (Å²) in [5, 5.41) is 4.22. The number of hydrogen-bond donors (Lipinski definition) is 1. The molecule has 1 aliphatic rings. The van der Waals surface area contributed by atoms with Crippen LogP contribution in [0.25, 0.3) is 0 Å². The quantitative estimate of drug-likeness (QED) is 0.894. The van der Waals surface area contributed by atoms with Gasteiger partial charge in [-0.2, -0.15) is 5.10 Å². The molecule has 0 amide bonds. The predicted molar refractivity (Wildman–Crippen MR) is 73.6 cm³/mol. The Morgan fingerprint density at radius 2 is 2.11 bits per heavy atom. The Kier molecular flexibility index (Phi) is 2.70. The van der Waals surface area contributed by atoms with Crippen molar-refractivity contribution in [2.24, 2.45) is 0 Å². The van der Waals surface area contributed by atoms with Gasteiger partial charge in [-0.1, -0.05) is 18.2 Å². The van der Waals surface area contributed by atoms with Crippen LogP contribution in [0.3, 0.4) is 0 Å². The van der Waals surface area contributed by atoms with E-state index in [-0.39, 0.29) is 0 Å². The third kappa shape index (κ3) is 1.94. The Labute approximate surface area is 107 Å². The summed E-state index contributed by atoms with van der Waals surface area (Å²) in [7, 11) is 0. The van der Waals surface area contributed by atoms with Crippen molar-refractivity contribution in [3.8, 4) is 0 Å². The van der Waals surface area contributed by atoms with E-state index < -0.39 is 0 Å². The highest BCUT2D eigenvalue weighted by molar-refractivity contribution is 5.59. The normalized spacial score (nSPS) is 18.1. The van der Waals surface area contributed by atoms with E-state index in [1.54, 1.807) is 0 Å². The number of nitrogens with zero attached hydrogens (tertiary/aromatic N) is 3. The van der Waals surface area contributed by atoms with Crippen LogP contribution in [-0.4, -0.2) is 22.4 Å². The average molecular weight is 242 g/mol. The van der Waals surface area contributed by atoms with Gasteiger partial charge in [-0.15, -0.1) is 0 Å². The molecule has 1 aliphatic heterocycles. The first-order valence-electron chi connectivity index (χ1n) is 6.37. The molecule has 4 nitrogen and oxygen atoms in total. The molecule has 1 aromatic heterocycles. The number of nitrogen functional groups attached to an aromatic ring is 1. The maximum absolute atomic E-state index is 5.62. The zero-order chi connectivity index (χ0) is 12.5. The number of benzene rings is 1. The van der Waals surface area contributed by atoms with Gasteiger partial charge in [0.25, 0.3) is 0 Å². The van der Waals surface area contributed by atoms with Gasteiger partial charge in [-0.25, -0.2) is 0 Å². The summed E-state index contributed by atoms with van der Waals surface area (Å²) < 4.78 is 1.91. The first kappa shape index (κ1) is 11.1. The van der Waals surface area contributed by atoms with Gasteiger partial charge in [-0.3, -0.25) is 4.68 Å². The van der Waals surface area contributed by atoms with Crippen LogP contribution in [0, 0.1) is 0 Å². The number of hydrogen-bond acceptors (Lipinski definition) is 3. The number of rotatable bonds is 3. The Bertz CT molecular complexity index is 546. The summed E-state index contributed by atoms with van der Waals surface area (Å²) in [6.07, 6.45) is 3.07. The Morgan fingerprint density at radius 1 is 1.28 bits per heavy atom. The SMILES string of the molecule is CC1Cc2ccccc2N1CCn1ccc(N)n1. The smallest absolute Gasteiger partial charge is 0.145 e. The van der Waals surface area contributed by atoms with Crippen molar-refractivity contribution in [2.45, 2.75) is 25.9 Å². The van der Waals surface area contributed by atoms with E-state index in [4.69, 9.17) is 5.73 Å². The number of anilines is 2. The van der Waals surface area contributed by atoms with Gasteiger partial charge in [0.05, 0.1) is 6.54 Å². The molecule has 0 bridgehead atoms. The van der Waals surface area contributed by atoms with Gasteiger partial charge in [0.1, 0.15) is 5.82 Å². The Morgan fingerprint density at radius 3 is 2.89 bits per heavy atom. The average Bonchev–Trinajstić information content (AvgIpc) is 2.90. The molecule has 2 heterocycles. The van der Waals surface area contributed by atoms with Crippen LogP contribution in [0.15, 0.2) is 36.5 Å². The lowest BCUT2D eigenvalue weighted by molar-refractivity contribution is 0.570. The Hall–Kier alpha value is -1.97. The molecule has 1 aromatic carbocycles. The highest BCUT2D eigenvalue weighted by atomic mass is 15.3. The van der Waals surface area contributed by atoms with Gasteiger partial charge < -0.3 is 10.6 Å². The molecule has 1 atom stereocenters. The molecule has 2 N–H and O–H groups in total. The van der Waals surface area contributed by atoms with Crippen molar-refractivity contribution in [1.29, 1.82) is 0 Å². The molecule has 1 unspecified atom stereocenters. The van der Waals surface area contributed by atoms with Crippen LogP contribution in [0.5, 0.6) is 0 Å². The molecule has 0 radical (unpaired) electrons. The van der Waals surface area contributed by atoms with E-state index in [2.05, 4.69) is 41.2 Å². The van der Waals surface area contributed by atoms with Crippen LogP contribution in [0.2, 0.25) is 0 Å². The third-order valence-corrected chi connectivity index (χ3v) is 3.58. The standard InChI is InChI=1S/C14H18N4/c1-11-10-12-4-2-3-5-13(12)18(11)9-8-17-7-6-14(15)16-17/h2-7,11H,8-10H2,1H3,(H2,15,16). The highest BCUT2D eigenvalue weighted by Gasteiger charge is 2.24. The van der Waals surface area contributed by atoms with Gasteiger partial charge >= 0.3 is 0 Å². The summed E-state index contributed by atoms with van der Waals surface area (Å²) in [6, 6.07) is 11.0. The van der Waals surface area contributed by atoms with Gasteiger partial charge in [-0.05, 0) is 31.0 Å². The van der Waals surface area contributed by atoms with Gasteiger partial charge in [0, 0.05) is 24.5 Å². The summed E-state index contributed by atoms with van der Waals surface area (Å²) in [5.74, 6) is 0.588. The second kappa shape index (κ2) is 4.37. The monoisotopic (exact) mass is 242 g/mol. The van der Waals surface area contributed by atoms with Gasteiger partial charge in [0.2, 0.25) is 0 Å². The molecule has 3 rings (SSSR count). The van der Waals surface area contributed by atoms with Crippen molar-refractivity contribution in [1.82, 2.24) is 9.78 Å². The molecule has 4 heteroatoms. The summed E-state index contributed by atoms with van der Waals surface area (Å²) in [4.78, 5) is 2.45. The van der Waals surface area contributed by atoms with Crippen LogP contribution in [-0.2, 0) is 13.0 Å². The lowest BCUT2D eigenvalue weighted by atomic mass is 10.1. The van der Waals surface area contributed by atoms with Crippen LogP contribution in [0.4, 0.5) is 11.5 Å². The molecular weight excluding hydrogens is 224 g/mol. The largest absolute Gasteiger partial charge is 0.382 e. The number of para-hydroxylation sites is 1. The maximum Gasteiger partial charge on any atom is 0.145 e. The fourth-order valence-corrected chi connectivity index (χ4v) is 2.68. The van der Waals surface area contributed by atoms with Crippen molar-refractivity contribution in [3.05, 3.63) is 42.1 Å². The fourth-order valence-electron chi connectivity index (χ4n) is 2.68. The molecule has 0 saturated heterocycles. The van der Waals surface area contributed by atoms with Crippen molar-refractivity contribution < 1.29 is 0 Å². The summed E-state index contributed by atoms with van der Waals surface area (Å²) in [5.41, 5.74) is 8.44. The van der Waals surface area contributed by atoms with Crippen molar-refractivity contribution in [2.75, 3.05) is 17.2 Å². The molecule has 0 fully saturated rings. The second-order valence-electron chi connectivity index (χ2n) is 4.88. The first-order valence-corrected chi connectivity index (χ1v) is 6.37. The molecule has 94 valence electrons. The summed E-state index contributed by atoms with van der Waals surface area (Å²) >= 11 is 0. The first-order chi connectivity index (χ1) is 8.74. The summed E-state index contributed by atoms with van der Waals surface area (Å²) in [6.45, 7) is 4.12. The molecular formula is C14H18N4. The minimum atomic E-state index is 0.565. The molecule has 0 aliphatic carbocycles. The van der Waals surface area contributed by atoms with E-state index >= 15 is 0 Å². The maximum atomic E-state index is 5.62. The second-order valence-corrected chi connectivity index (χ2v) is 4.88. The van der Waals surface area contributed by atoms with E-state index in [1.807, 2.05) is 16.9 Å². The third-order valence-electron chi connectivity index (χ3n) is 3.58. The fraction of sp³-hybridized carbons (Fsp3) is 0.357. The Balaban J connectivity index is 1.73. The minimum Gasteiger partial charge on any atom is -0.382 e. The lowest BCUT2D eigenvalue weighted by Crippen LogP contribution is -2.32. The highest BCUT2D eigenvalue weighted by Crippen LogP contribution is 2.31. The molecule has 2 aromatic rings. The molecule has 0 saturated carbocycles. The van der Waals surface area contributed by atoms with Crippen molar-refractivity contribution >= 4 is 11.5 Å². The zero-order valence-corrected chi connectivity index (χ0v) is 10.6.